The molecule has 2 aliphatic carbocycles. The SMILES string of the molecule is CC(=O)C[C@@H]1C2=C([C@H]3OC(=O)/C(=C/O[C@H]4C=C(C)C(=O)O4)[C@@H]13)C(C)(C)CCC2. The number of cyclic esters (lactones) is 1. The second-order valence-electron chi connectivity index (χ2n) is 8.87. The van der Waals surface area contributed by atoms with Gasteiger partial charge in [-0.15, -0.1) is 0 Å². The third-order valence-electron chi connectivity index (χ3n) is 6.41. The Kier molecular flexibility index (Phi) is 4.47. The van der Waals surface area contributed by atoms with E-state index in [2.05, 4.69) is 13.8 Å². The fourth-order valence-corrected chi connectivity index (χ4v) is 5.22. The molecule has 0 aromatic carbocycles. The highest BCUT2D eigenvalue weighted by Crippen LogP contribution is 2.58. The van der Waals surface area contributed by atoms with Crippen LogP contribution in [0.1, 0.15) is 53.4 Å². The summed E-state index contributed by atoms with van der Waals surface area (Å²) in [6, 6.07) is 0. The highest BCUT2D eigenvalue weighted by Gasteiger charge is 2.56. The minimum atomic E-state index is -0.835. The van der Waals surface area contributed by atoms with E-state index in [0.29, 0.717) is 17.6 Å². The van der Waals surface area contributed by atoms with Crippen molar-refractivity contribution in [3.05, 3.63) is 34.6 Å². The van der Waals surface area contributed by atoms with Crippen LogP contribution in [0.5, 0.6) is 0 Å². The van der Waals surface area contributed by atoms with Crippen LogP contribution < -0.4 is 0 Å². The lowest BCUT2D eigenvalue weighted by Crippen LogP contribution is -2.27. The average molecular weight is 386 g/mol. The van der Waals surface area contributed by atoms with Gasteiger partial charge in [0.25, 0.3) is 6.29 Å². The number of allylic oxidation sites excluding steroid dienone is 1. The predicted molar refractivity (Wildman–Crippen MR) is 99.6 cm³/mol. The minimum Gasteiger partial charge on any atom is -0.458 e. The Morgan fingerprint density at radius 1 is 1.29 bits per heavy atom. The van der Waals surface area contributed by atoms with Crippen molar-refractivity contribution in [3.8, 4) is 0 Å². The molecule has 28 heavy (non-hydrogen) atoms. The number of carbonyl (C=O) groups is 3. The Bertz CT molecular complexity index is 843. The normalized spacial score (nSPS) is 34.7. The van der Waals surface area contributed by atoms with E-state index in [1.165, 1.54) is 17.4 Å². The molecule has 4 rings (SSSR count). The Morgan fingerprint density at radius 2 is 2.04 bits per heavy atom. The molecule has 0 unspecified atom stereocenters. The summed E-state index contributed by atoms with van der Waals surface area (Å²) >= 11 is 0. The van der Waals surface area contributed by atoms with Crippen molar-refractivity contribution >= 4 is 17.7 Å². The number of Topliss-reactive ketones (excluding diaryl/α,β-unsaturated/α-hetero) is 1. The lowest BCUT2D eigenvalue weighted by molar-refractivity contribution is -0.152. The predicted octanol–water partition coefficient (Wildman–Crippen LogP) is 3.37. The van der Waals surface area contributed by atoms with Crippen LogP contribution in [0.25, 0.3) is 0 Å². The first kappa shape index (κ1) is 19.0. The Morgan fingerprint density at radius 3 is 2.68 bits per heavy atom. The zero-order valence-corrected chi connectivity index (χ0v) is 16.7. The highest BCUT2D eigenvalue weighted by molar-refractivity contribution is 5.93. The molecule has 0 N–H and O–H groups in total. The van der Waals surface area contributed by atoms with Gasteiger partial charge in [0.15, 0.2) is 0 Å². The van der Waals surface area contributed by atoms with Gasteiger partial charge < -0.3 is 19.0 Å². The van der Waals surface area contributed by atoms with Gasteiger partial charge >= 0.3 is 11.9 Å². The second kappa shape index (κ2) is 6.61. The zero-order valence-electron chi connectivity index (χ0n) is 16.7. The summed E-state index contributed by atoms with van der Waals surface area (Å²) < 4.78 is 16.5. The van der Waals surface area contributed by atoms with Crippen molar-refractivity contribution in [1.82, 2.24) is 0 Å². The Balaban J connectivity index is 1.67. The van der Waals surface area contributed by atoms with Crippen molar-refractivity contribution in [2.45, 2.75) is 65.8 Å². The van der Waals surface area contributed by atoms with Crippen LogP contribution in [-0.2, 0) is 28.6 Å². The van der Waals surface area contributed by atoms with E-state index >= 15 is 0 Å². The van der Waals surface area contributed by atoms with Crippen LogP contribution in [0.2, 0.25) is 0 Å². The molecule has 0 aromatic heterocycles. The van der Waals surface area contributed by atoms with Gasteiger partial charge in [-0.25, -0.2) is 9.59 Å². The molecule has 6 heteroatoms. The molecule has 4 atom stereocenters. The highest BCUT2D eigenvalue weighted by atomic mass is 16.7. The summed E-state index contributed by atoms with van der Waals surface area (Å²) in [5.74, 6) is -1.00. The van der Waals surface area contributed by atoms with E-state index in [0.717, 1.165) is 19.3 Å². The minimum absolute atomic E-state index is 0.0400. The number of ketones is 1. The summed E-state index contributed by atoms with van der Waals surface area (Å²) in [6.07, 6.45) is 5.23. The molecule has 0 spiro atoms. The molecule has 1 fully saturated rings. The van der Waals surface area contributed by atoms with Crippen LogP contribution in [0.4, 0.5) is 0 Å². The second-order valence-corrected chi connectivity index (χ2v) is 8.87. The quantitative estimate of drug-likeness (QED) is 0.319. The molecule has 0 amide bonds. The standard InChI is InChI=1S/C22H26O6/c1-11-8-16(27-20(11)24)26-10-15-17-14(9-12(2)23)13-6-5-7-22(3,4)18(13)19(17)28-21(15)25/h8,10,14,16-17,19H,5-7,9H2,1-4H3/b15-10+/t14-,16-,17-,19+/m1/s1. The number of hydrogen-bond acceptors (Lipinski definition) is 6. The van der Waals surface area contributed by atoms with E-state index in [1.807, 2.05) is 0 Å². The molecule has 1 saturated heterocycles. The average Bonchev–Trinajstić information content (AvgIpc) is 3.18. The molecule has 2 heterocycles. The van der Waals surface area contributed by atoms with E-state index in [4.69, 9.17) is 14.2 Å². The monoisotopic (exact) mass is 386 g/mol. The number of fused-ring (bicyclic) bond motifs is 2. The molecule has 2 aliphatic heterocycles. The Labute approximate surface area is 164 Å². The fraction of sp³-hybridized carbons (Fsp3) is 0.591. The van der Waals surface area contributed by atoms with Crippen LogP contribution in [0, 0.1) is 17.3 Å². The number of ether oxygens (including phenoxy) is 3. The molecule has 0 saturated carbocycles. The third-order valence-corrected chi connectivity index (χ3v) is 6.41. The third kappa shape index (κ3) is 2.99. The Hall–Kier alpha value is -2.37. The van der Waals surface area contributed by atoms with E-state index in [1.54, 1.807) is 19.9 Å². The van der Waals surface area contributed by atoms with Crippen LogP contribution in [-0.4, -0.2) is 30.1 Å². The van der Waals surface area contributed by atoms with Crippen LogP contribution >= 0.6 is 0 Å². The van der Waals surface area contributed by atoms with Gasteiger partial charge in [0, 0.05) is 24.0 Å². The number of carbonyl (C=O) groups excluding carboxylic acids is 3. The summed E-state index contributed by atoms with van der Waals surface area (Å²) in [4.78, 5) is 36.1. The van der Waals surface area contributed by atoms with Crippen molar-refractivity contribution in [2.75, 3.05) is 0 Å². The van der Waals surface area contributed by atoms with Gasteiger partial charge in [0.1, 0.15) is 11.9 Å². The van der Waals surface area contributed by atoms with Gasteiger partial charge in [-0.3, -0.25) is 0 Å². The van der Waals surface area contributed by atoms with Crippen molar-refractivity contribution in [2.24, 2.45) is 17.3 Å². The van der Waals surface area contributed by atoms with Gasteiger partial charge in [0.2, 0.25) is 0 Å². The largest absolute Gasteiger partial charge is 0.458 e. The lowest BCUT2D eigenvalue weighted by Gasteiger charge is -2.35. The number of hydrogen-bond donors (Lipinski definition) is 0. The summed E-state index contributed by atoms with van der Waals surface area (Å²) in [7, 11) is 0. The van der Waals surface area contributed by atoms with Crippen molar-refractivity contribution in [3.63, 3.8) is 0 Å². The van der Waals surface area contributed by atoms with Gasteiger partial charge in [-0.2, -0.15) is 0 Å². The zero-order chi connectivity index (χ0) is 20.2. The molecular formula is C22H26O6. The van der Waals surface area contributed by atoms with Gasteiger partial charge in [-0.1, -0.05) is 19.4 Å². The first-order valence-electron chi connectivity index (χ1n) is 9.88. The first-order valence-corrected chi connectivity index (χ1v) is 9.88. The van der Waals surface area contributed by atoms with Crippen LogP contribution in [0.3, 0.4) is 0 Å². The molecule has 4 aliphatic rings. The molecule has 0 radical (unpaired) electrons. The van der Waals surface area contributed by atoms with Gasteiger partial charge in [-0.05, 0) is 50.0 Å². The van der Waals surface area contributed by atoms with Crippen molar-refractivity contribution in [1.29, 1.82) is 0 Å². The maximum absolute atomic E-state index is 12.6. The molecule has 6 nitrogen and oxygen atoms in total. The summed E-state index contributed by atoms with van der Waals surface area (Å²) in [5, 5.41) is 0. The first-order chi connectivity index (χ1) is 13.2. The van der Waals surface area contributed by atoms with Crippen molar-refractivity contribution < 1.29 is 28.6 Å². The molecular weight excluding hydrogens is 360 g/mol. The smallest absolute Gasteiger partial charge is 0.338 e. The van der Waals surface area contributed by atoms with E-state index < -0.39 is 18.2 Å². The fourth-order valence-electron chi connectivity index (χ4n) is 5.22. The van der Waals surface area contributed by atoms with Gasteiger partial charge in [0.05, 0.1) is 11.8 Å². The number of rotatable bonds is 4. The lowest BCUT2D eigenvalue weighted by atomic mass is 9.72. The molecule has 0 aromatic rings. The summed E-state index contributed by atoms with van der Waals surface area (Å²) in [6.45, 7) is 7.61. The maximum atomic E-state index is 12.6. The van der Waals surface area contributed by atoms with E-state index in [9.17, 15) is 14.4 Å². The van der Waals surface area contributed by atoms with Crippen LogP contribution in [0.15, 0.2) is 34.6 Å². The van der Waals surface area contributed by atoms with E-state index in [-0.39, 0.29) is 29.1 Å². The summed E-state index contributed by atoms with van der Waals surface area (Å²) in [5.41, 5.74) is 3.32. The topological polar surface area (TPSA) is 78.9 Å². The maximum Gasteiger partial charge on any atom is 0.338 e. The number of esters is 2. The molecule has 150 valence electrons. The molecule has 0 bridgehead atoms.